The fraction of sp³-hybridized carbons (Fsp3) is 0.316. The number of benzene rings is 2. The van der Waals surface area contributed by atoms with Gasteiger partial charge in [0.25, 0.3) is 0 Å². The lowest BCUT2D eigenvalue weighted by molar-refractivity contribution is 0.0730. The molecule has 1 saturated heterocycles. The van der Waals surface area contributed by atoms with Gasteiger partial charge >= 0.3 is 6.03 Å². The van der Waals surface area contributed by atoms with Crippen LogP contribution in [0.3, 0.4) is 0 Å². The highest BCUT2D eigenvalue weighted by Gasteiger charge is 2.27. The van der Waals surface area contributed by atoms with Crippen LogP contribution in [0.15, 0.2) is 47.4 Å². The van der Waals surface area contributed by atoms with Crippen LogP contribution in [0.25, 0.3) is 0 Å². The van der Waals surface area contributed by atoms with Crippen molar-refractivity contribution < 1.29 is 27.4 Å². The Balaban J connectivity index is 1.80. The quantitative estimate of drug-likeness (QED) is 0.742. The number of ether oxygens (including phenoxy) is 3. The summed E-state index contributed by atoms with van der Waals surface area (Å²) in [6.45, 7) is 1.27. The molecule has 1 aliphatic heterocycles. The Hall–Kier alpha value is -2.82. The topological polar surface area (TPSA) is 106 Å². The Morgan fingerprint density at radius 1 is 1.03 bits per heavy atom. The molecule has 0 aliphatic carbocycles. The fourth-order valence-corrected chi connectivity index (χ4v) is 4.30. The van der Waals surface area contributed by atoms with Gasteiger partial charge in [0.2, 0.25) is 10.0 Å². The van der Waals surface area contributed by atoms with Gasteiger partial charge in [-0.3, -0.25) is 0 Å². The SMILES string of the molecule is COc1cccc(NC(=O)Nc2cc(S(=O)(=O)N3CCOCC3)ccc2OC)c1. The Kier molecular flexibility index (Phi) is 6.57. The molecule has 0 spiro atoms. The highest BCUT2D eigenvalue weighted by Crippen LogP contribution is 2.29. The molecule has 1 fully saturated rings. The number of urea groups is 1. The maximum absolute atomic E-state index is 12.9. The minimum atomic E-state index is -3.70. The number of rotatable bonds is 6. The summed E-state index contributed by atoms with van der Waals surface area (Å²) in [5, 5.41) is 5.32. The third kappa shape index (κ3) is 4.97. The van der Waals surface area contributed by atoms with E-state index >= 15 is 0 Å². The molecule has 3 rings (SSSR count). The highest BCUT2D eigenvalue weighted by molar-refractivity contribution is 7.89. The van der Waals surface area contributed by atoms with E-state index in [0.717, 1.165) is 0 Å². The minimum Gasteiger partial charge on any atom is -0.497 e. The van der Waals surface area contributed by atoms with Gasteiger partial charge in [-0.2, -0.15) is 4.31 Å². The van der Waals surface area contributed by atoms with Crippen molar-refractivity contribution in [3.05, 3.63) is 42.5 Å². The normalized spacial score (nSPS) is 14.8. The summed E-state index contributed by atoms with van der Waals surface area (Å²) in [7, 11) is -0.730. The number of hydrogen-bond donors (Lipinski definition) is 2. The van der Waals surface area contributed by atoms with Crippen LogP contribution in [0.4, 0.5) is 16.2 Å². The predicted octanol–water partition coefficient (Wildman–Crippen LogP) is 2.37. The van der Waals surface area contributed by atoms with E-state index < -0.39 is 16.1 Å². The van der Waals surface area contributed by atoms with Gasteiger partial charge in [0.05, 0.1) is 38.0 Å². The van der Waals surface area contributed by atoms with Crippen molar-refractivity contribution in [3.63, 3.8) is 0 Å². The summed E-state index contributed by atoms with van der Waals surface area (Å²) in [5.74, 6) is 0.936. The summed E-state index contributed by atoms with van der Waals surface area (Å²) in [4.78, 5) is 12.5. The van der Waals surface area contributed by atoms with Crippen LogP contribution in [0.2, 0.25) is 0 Å². The molecule has 2 N–H and O–H groups in total. The Labute approximate surface area is 169 Å². The molecule has 156 valence electrons. The lowest BCUT2D eigenvalue weighted by Crippen LogP contribution is -2.40. The maximum Gasteiger partial charge on any atom is 0.323 e. The van der Waals surface area contributed by atoms with Crippen LogP contribution in [0.1, 0.15) is 0 Å². The largest absolute Gasteiger partial charge is 0.497 e. The van der Waals surface area contributed by atoms with E-state index in [0.29, 0.717) is 30.4 Å². The van der Waals surface area contributed by atoms with Gasteiger partial charge < -0.3 is 24.8 Å². The second-order valence-electron chi connectivity index (χ2n) is 6.19. The molecule has 2 aromatic carbocycles. The first-order chi connectivity index (χ1) is 13.9. The molecule has 0 unspecified atom stereocenters. The van der Waals surface area contributed by atoms with Gasteiger partial charge in [-0.25, -0.2) is 13.2 Å². The molecule has 1 aliphatic rings. The summed E-state index contributed by atoms with van der Waals surface area (Å²) < 4.78 is 42.7. The Bertz CT molecular complexity index is 974. The summed E-state index contributed by atoms with van der Waals surface area (Å²) in [6.07, 6.45) is 0. The number of nitrogens with zero attached hydrogens (tertiary/aromatic N) is 1. The van der Waals surface area contributed by atoms with Gasteiger partial charge in [-0.05, 0) is 30.3 Å². The van der Waals surface area contributed by atoms with Crippen LogP contribution >= 0.6 is 0 Å². The van der Waals surface area contributed by atoms with E-state index in [2.05, 4.69) is 10.6 Å². The summed E-state index contributed by atoms with van der Waals surface area (Å²) >= 11 is 0. The van der Waals surface area contributed by atoms with Gasteiger partial charge in [0.15, 0.2) is 0 Å². The standard InChI is InChI=1S/C19H23N3O6S/c1-26-15-5-3-4-14(12-15)20-19(23)21-17-13-16(6-7-18(17)27-2)29(24,25)22-8-10-28-11-9-22/h3-7,12-13H,8-11H2,1-2H3,(H2,20,21,23). The van der Waals surface area contributed by atoms with Crippen molar-refractivity contribution in [1.82, 2.24) is 4.31 Å². The zero-order chi connectivity index (χ0) is 20.9. The van der Waals surface area contributed by atoms with E-state index in [1.54, 1.807) is 24.3 Å². The number of nitrogens with one attached hydrogen (secondary N) is 2. The number of hydrogen-bond acceptors (Lipinski definition) is 6. The zero-order valence-electron chi connectivity index (χ0n) is 16.2. The number of carbonyl (C=O) groups is 1. The maximum atomic E-state index is 12.9. The second kappa shape index (κ2) is 9.12. The third-order valence-corrected chi connectivity index (χ3v) is 6.25. The molecule has 0 bridgehead atoms. The summed E-state index contributed by atoms with van der Waals surface area (Å²) in [6, 6.07) is 10.7. The molecule has 0 radical (unpaired) electrons. The van der Waals surface area contributed by atoms with Crippen LogP contribution in [-0.4, -0.2) is 59.3 Å². The molecule has 29 heavy (non-hydrogen) atoms. The van der Waals surface area contributed by atoms with Crippen molar-refractivity contribution in [2.24, 2.45) is 0 Å². The zero-order valence-corrected chi connectivity index (χ0v) is 17.0. The average Bonchev–Trinajstić information content (AvgIpc) is 2.74. The molecular formula is C19H23N3O6S. The first kappa shape index (κ1) is 20.9. The van der Waals surface area contributed by atoms with Crippen LogP contribution in [0, 0.1) is 0 Å². The monoisotopic (exact) mass is 421 g/mol. The Morgan fingerprint density at radius 2 is 1.79 bits per heavy atom. The number of sulfonamides is 1. The number of methoxy groups -OCH3 is 2. The van der Waals surface area contributed by atoms with E-state index in [-0.39, 0.29) is 23.7 Å². The Morgan fingerprint density at radius 3 is 2.48 bits per heavy atom. The molecule has 10 heteroatoms. The van der Waals surface area contributed by atoms with Crippen LogP contribution in [0.5, 0.6) is 11.5 Å². The van der Waals surface area contributed by atoms with Crippen molar-refractivity contribution >= 4 is 27.4 Å². The first-order valence-electron chi connectivity index (χ1n) is 8.92. The van der Waals surface area contributed by atoms with Gasteiger partial charge in [0, 0.05) is 24.8 Å². The van der Waals surface area contributed by atoms with Gasteiger partial charge in [0.1, 0.15) is 11.5 Å². The van der Waals surface area contributed by atoms with Gasteiger partial charge in [-0.15, -0.1) is 0 Å². The van der Waals surface area contributed by atoms with Crippen LogP contribution < -0.4 is 20.1 Å². The first-order valence-corrected chi connectivity index (χ1v) is 10.4. The minimum absolute atomic E-state index is 0.0666. The molecule has 0 aromatic heterocycles. The number of carbonyl (C=O) groups excluding carboxylic acids is 1. The number of anilines is 2. The summed E-state index contributed by atoms with van der Waals surface area (Å²) in [5.41, 5.74) is 0.764. The van der Waals surface area contributed by atoms with Crippen molar-refractivity contribution in [1.29, 1.82) is 0 Å². The smallest absolute Gasteiger partial charge is 0.323 e. The molecule has 9 nitrogen and oxygen atoms in total. The molecule has 0 saturated carbocycles. The lowest BCUT2D eigenvalue weighted by atomic mass is 10.3. The molecule has 1 heterocycles. The fourth-order valence-electron chi connectivity index (χ4n) is 2.87. The van der Waals surface area contributed by atoms with Crippen LogP contribution in [-0.2, 0) is 14.8 Å². The highest BCUT2D eigenvalue weighted by atomic mass is 32.2. The van der Waals surface area contributed by atoms with E-state index in [9.17, 15) is 13.2 Å². The predicted molar refractivity (Wildman–Crippen MR) is 108 cm³/mol. The average molecular weight is 421 g/mol. The molecule has 2 aromatic rings. The molecule has 2 amide bonds. The van der Waals surface area contributed by atoms with Crippen molar-refractivity contribution in [2.45, 2.75) is 4.90 Å². The van der Waals surface area contributed by atoms with E-state index in [1.165, 1.54) is 36.7 Å². The number of amides is 2. The van der Waals surface area contributed by atoms with Gasteiger partial charge in [-0.1, -0.05) is 6.07 Å². The van der Waals surface area contributed by atoms with E-state index in [4.69, 9.17) is 14.2 Å². The lowest BCUT2D eigenvalue weighted by Gasteiger charge is -2.26. The molecular weight excluding hydrogens is 398 g/mol. The number of morpholine rings is 1. The third-order valence-electron chi connectivity index (χ3n) is 4.35. The van der Waals surface area contributed by atoms with Crippen molar-refractivity contribution in [2.75, 3.05) is 51.2 Å². The van der Waals surface area contributed by atoms with Crippen molar-refractivity contribution in [3.8, 4) is 11.5 Å². The molecule has 0 atom stereocenters. The van der Waals surface area contributed by atoms with E-state index in [1.807, 2.05) is 0 Å². The second-order valence-corrected chi connectivity index (χ2v) is 8.13.